The van der Waals surface area contributed by atoms with Crippen LogP contribution in [-0.4, -0.2) is 178 Å². The van der Waals surface area contributed by atoms with Crippen molar-refractivity contribution in [3.05, 3.63) is 287 Å². The molecule has 5 fully saturated rings. The van der Waals surface area contributed by atoms with Crippen molar-refractivity contribution in [1.29, 1.82) is 0 Å². The van der Waals surface area contributed by atoms with E-state index in [0.29, 0.717) is 106 Å². The molecule has 5 aliphatic carbocycles. The number of carbonyl (C=O) groups is 5. The van der Waals surface area contributed by atoms with Gasteiger partial charge in [-0.3, -0.25) is 29.0 Å². The van der Waals surface area contributed by atoms with Crippen molar-refractivity contribution in [2.75, 3.05) is 33.6 Å². The second-order valence-electron chi connectivity index (χ2n) is 36.0. The van der Waals surface area contributed by atoms with Gasteiger partial charge < -0.3 is 78.7 Å². The number of fused-ring (bicyclic) bond motifs is 5. The molecule has 6 aromatic heterocycles. The minimum absolute atomic E-state index is 0. The molecule has 0 bridgehead atoms. The predicted octanol–water partition coefficient (Wildman–Crippen LogP) is 17.6. The highest BCUT2D eigenvalue weighted by molar-refractivity contribution is 6.01. The third-order valence-corrected chi connectivity index (χ3v) is 25.8. The predicted molar refractivity (Wildman–Crippen MR) is 553 cm³/mol. The van der Waals surface area contributed by atoms with Crippen LogP contribution in [0.15, 0.2) is 219 Å². The van der Waals surface area contributed by atoms with Crippen molar-refractivity contribution in [2.24, 2.45) is 0 Å². The lowest BCUT2D eigenvalue weighted by Gasteiger charge is -2.26. The Morgan fingerprint density at radius 3 is 0.986 bits per heavy atom. The highest BCUT2D eigenvalue weighted by Crippen LogP contribution is 2.31. The zero-order valence-electron chi connectivity index (χ0n) is 78.1. The van der Waals surface area contributed by atoms with E-state index in [9.17, 15) is 58.3 Å². The first-order chi connectivity index (χ1) is 67.5. The molecule has 31 nitrogen and oxygen atoms in total. The number of amides is 5. The highest BCUT2D eigenvalue weighted by atomic mass is 19.1. The number of pyridine rings is 1. The van der Waals surface area contributed by atoms with Crippen LogP contribution in [0.25, 0.3) is 54.5 Å². The molecule has 746 valence electrons. The van der Waals surface area contributed by atoms with Crippen LogP contribution < -0.4 is 53.2 Å². The number of nitrogens with zero attached hydrogens (tertiary/aromatic N) is 11. The maximum atomic E-state index is 14.2. The summed E-state index contributed by atoms with van der Waals surface area (Å²) in [6, 6.07) is 54.2. The first kappa shape index (κ1) is 106. The van der Waals surface area contributed by atoms with Gasteiger partial charge in [0.15, 0.2) is 0 Å². The summed E-state index contributed by atoms with van der Waals surface area (Å²) in [4.78, 5) is 111. The van der Waals surface area contributed by atoms with Crippen molar-refractivity contribution in [3.8, 4) is 0 Å². The lowest BCUT2D eigenvalue weighted by atomic mass is 9.93. The third kappa shape index (κ3) is 30.6. The number of hydrogen-bond acceptors (Lipinski definition) is 26. The Labute approximate surface area is 826 Å². The SMILES string of the molecule is C.C.C.CCC(NC(=O)c1ccc2cnc(NC3CCC(O)CC3)nc2c1)c1ccccc1F.CNC(=O)c1ccc2cnc(NC3CCC(O)CC3)nc2c1.Cc1cc(F)ccc1CNC(=O)c1ccc2cnc(NC3CCC(O)CC3)nc2c1.O=C(NCc1ccccc1)c1ccc2cnc(NC3CCC(O)CC3)nc2c1.O=C(NCc1ccccn1)c1ccc2cnc(NC3CCC(O)CC3)nc2c1. The normalized spacial score (nSPS) is 19.3. The van der Waals surface area contributed by atoms with Crippen LogP contribution in [0.4, 0.5) is 38.5 Å². The maximum absolute atomic E-state index is 14.2. The van der Waals surface area contributed by atoms with Crippen molar-refractivity contribution >= 4 is 114 Å². The monoisotopic (exact) mass is 1930 g/mol. The zero-order chi connectivity index (χ0) is 97.1. The van der Waals surface area contributed by atoms with Crippen molar-refractivity contribution in [3.63, 3.8) is 0 Å². The van der Waals surface area contributed by atoms with Crippen LogP contribution in [0.3, 0.4) is 0 Å². The van der Waals surface area contributed by atoms with E-state index in [1.54, 1.807) is 129 Å². The third-order valence-electron chi connectivity index (χ3n) is 25.8. The molecule has 8 aromatic carbocycles. The number of benzene rings is 8. The van der Waals surface area contributed by atoms with Gasteiger partial charge in [-0.15, -0.1) is 0 Å². The lowest BCUT2D eigenvalue weighted by Crippen LogP contribution is -2.29. The molecule has 5 saturated carbocycles. The van der Waals surface area contributed by atoms with E-state index in [1.165, 1.54) is 18.2 Å². The van der Waals surface area contributed by atoms with Gasteiger partial charge in [-0.2, -0.15) is 0 Å². The number of aliphatic hydroxyl groups is 5. The van der Waals surface area contributed by atoms with Crippen molar-refractivity contribution in [1.82, 2.24) is 81.4 Å². The average molecular weight is 1930 g/mol. The molecule has 15 N–H and O–H groups in total. The van der Waals surface area contributed by atoms with Gasteiger partial charge in [0, 0.05) is 148 Å². The fourth-order valence-corrected chi connectivity index (χ4v) is 17.5. The first-order valence-electron chi connectivity index (χ1n) is 47.9. The van der Waals surface area contributed by atoms with Crippen molar-refractivity contribution < 1.29 is 58.3 Å². The number of aliphatic hydroxyl groups excluding tert-OH is 5. The van der Waals surface area contributed by atoms with Crippen LogP contribution in [-0.2, 0) is 19.6 Å². The Hall–Kier alpha value is -14.4. The van der Waals surface area contributed by atoms with E-state index < -0.39 is 6.04 Å². The number of nitrogens with one attached hydrogen (secondary N) is 10. The fraction of sp³-hybridized carbons (Fsp3) is 0.376. The molecule has 0 aliphatic heterocycles. The molecule has 1 unspecified atom stereocenters. The molecule has 142 heavy (non-hydrogen) atoms. The van der Waals surface area contributed by atoms with Crippen LogP contribution in [0.2, 0.25) is 0 Å². The van der Waals surface area contributed by atoms with Crippen LogP contribution in [0, 0.1) is 18.6 Å². The van der Waals surface area contributed by atoms with E-state index >= 15 is 0 Å². The summed E-state index contributed by atoms with van der Waals surface area (Å²) in [6.45, 7) is 4.92. The second kappa shape index (κ2) is 52.2. The van der Waals surface area contributed by atoms with E-state index in [-0.39, 0.29) is 118 Å². The Kier molecular flexibility index (Phi) is 39.2. The minimum atomic E-state index is -0.409. The van der Waals surface area contributed by atoms with Gasteiger partial charge in [-0.1, -0.05) is 120 Å². The summed E-state index contributed by atoms with van der Waals surface area (Å²) >= 11 is 0. The van der Waals surface area contributed by atoms with E-state index in [0.717, 1.165) is 194 Å². The summed E-state index contributed by atoms with van der Waals surface area (Å²) < 4.78 is 27.4. The van der Waals surface area contributed by atoms with Crippen molar-refractivity contribution in [2.45, 2.75) is 257 Å². The Morgan fingerprint density at radius 1 is 0.345 bits per heavy atom. The molecule has 33 heteroatoms. The summed E-state index contributed by atoms with van der Waals surface area (Å²) in [5, 5.41) is 83.4. The van der Waals surface area contributed by atoms with Gasteiger partial charge in [-0.25, -0.2) is 58.6 Å². The van der Waals surface area contributed by atoms with Gasteiger partial charge in [0.05, 0.1) is 76.4 Å². The van der Waals surface area contributed by atoms with Crippen LogP contribution >= 0.6 is 0 Å². The Balaban J connectivity index is 0.000000158. The summed E-state index contributed by atoms with van der Waals surface area (Å²) in [7, 11) is 1.61. The standard InChI is InChI=1S/C24H27FN4O2.C23H25FN4O2.C22H24N4O2.C21H23N5O2.C16H20N4O2.3CH4/c1-2-21(19-5-3-4-6-20(19)25)28-23(31)15-7-8-16-14-26-24(29-22(16)13-15)27-17-9-11-18(30)12-10-17;1-14-10-18(24)5-4-16(14)12-25-22(30)15-2-3-17-13-26-23(28-21(17)11-15)27-19-6-8-20(29)9-7-19;27-19-10-8-18(9-11-19)25-22-24-14-17-7-6-16(12-20(17)26-22)21(28)23-13-15-4-2-1-3-5-15;27-18-8-6-16(7-9-18)25-21-24-12-15-5-4-14(11-19(15)26-21)20(28)23-13-17-3-1-2-10-22-17;1-17-15(22)10-2-3-11-9-18-16(20-14(11)8-10)19-12-4-6-13(21)7-5-12;;;/h3-8,13-14,17-18,21,30H,2,9-12H2,1H3,(H,28,31)(H,26,27,29);2-5,10-11,13,19-20,29H,6-9,12H2,1H3,(H,25,30)(H,26,27,28);1-7,12,14,18-19,27H,8-11,13H2,(H,23,28)(H,24,25,26);1-5,10-12,16,18,27H,6-9,13H2,(H,23,28)(H,24,25,26);2-3,8-9,12-13,21H,4-7H2,1H3,(H,17,22)(H,18,19,20);3*1H4. The summed E-state index contributed by atoms with van der Waals surface area (Å²) in [6.07, 6.45) is 27.0. The number of carbonyl (C=O) groups excluding carboxylic acids is 5. The molecule has 0 spiro atoms. The van der Waals surface area contributed by atoms with Gasteiger partial charge in [-0.05, 0) is 249 Å². The van der Waals surface area contributed by atoms with Gasteiger partial charge >= 0.3 is 0 Å². The van der Waals surface area contributed by atoms with E-state index in [2.05, 4.69) is 108 Å². The zero-order valence-corrected chi connectivity index (χ0v) is 78.1. The number of aryl methyl sites for hydroxylation is 1. The quantitative estimate of drug-likeness (QED) is 0.0267. The molecular weight excluding hydrogens is 1800 g/mol. The second-order valence-corrected chi connectivity index (χ2v) is 36.0. The number of hydrogen-bond donors (Lipinski definition) is 15. The number of aromatic nitrogens is 11. The molecule has 0 radical (unpaired) electrons. The summed E-state index contributed by atoms with van der Waals surface area (Å²) in [5.41, 5.74) is 10.3. The fourth-order valence-electron chi connectivity index (χ4n) is 17.5. The van der Waals surface area contributed by atoms with E-state index in [1.807, 2.05) is 92.7 Å². The molecule has 19 rings (SSSR count). The molecule has 14 aromatic rings. The molecule has 6 heterocycles. The molecule has 1 atom stereocenters. The largest absolute Gasteiger partial charge is 0.393 e. The van der Waals surface area contributed by atoms with Crippen LogP contribution in [0.5, 0.6) is 0 Å². The van der Waals surface area contributed by atoms with E-state index in [4.69, 9.17) is 0 Å². The van der Waals surface area contributed by atoms with Gasteiger partial charge in [0.1, 0.15) is 11.6 Å². The number of halogens is 2. The lowest BCUT2D eigenvalue weighted by molar-refractivity contribution is 0.0929. The Morgan fingerprint density at radius 2 is 0.662 bits per heavy atom. The summed E-state index contributed by atoms with van der Waals surface area (Å²) in [5.74, 6) is 1.23. The average Bonchev–Trinajstić information content (AvgIpc) is 0.825. The van der Waals surface area contributed by atoms with Crippen LogP contribution in [0.1, 0.15) is 250 Å². The molecule has 5 amide bonds. The first-order valence-corrected chi connectivity index (χ1v) is 47.9. The number of rotatable bonds is 24. The Bertz CT molecular complexity index is 6360. The molecule has 0 saturated heterocycles. The number of anilines is 5. The van der Waals surface area contributed by atoms with Gasteiger partial charge in [0.25, 0.3) is 29.5 Å². The topological polar surface area (TPSA) is 449 Å². The minimum Gasteiger partial charge on any atom is -0.393 e. The smallest absolute Gasteiger partial charge is 0.251 e. The maximum Gasteiger partial charge on any atom is 0.251 e. The highest BCUT2D eigenvalue weighted by Gasteiger charge is 2.27. The molecule has 5 aliphatic rings. The van der Waals surface area contributed by atoms with Gasteiger partial charge in [0.2, 0.25) is 29.7 Å². The molecular formula is C109H131F2N21O10.